The van der Waals surface area contributed by atoms with Gasteiger partial charge in [-0.2, -0.15) is 0 Å². The normalized spacial score (nSPS) is 11.0. The Morgan fingerprint density at radius 2 is 2.00 bits per heavy atom. The lowest BCUT2D eigenvalue weighted by Crippen LogP contribution is -2.36. The lowest BCUT2D eigenvalue weighted by molar-refractivity contribution is -0.122. The van der Waals surface area contributed by atoms with Crippen LogP contribution in [-0.4, -0.2) is 16.0 Å². The Hall–Kier alpha value is -2.44. The molecule has 0 aliphatic rings. The summed E-state index contributed by atoms with van der Waals surface area (Å²) in [7, 11) is 0. The molecule has 3 rings (SSSR count). The van der Waals surface area contributed by atoms with Crippen LogP contribution >= 0.6 is 23.8 Å². The molecule has 0 atom stereocenters. The van der Waals surface area contributed by atoms with Gasteiger partial charge in [0, 0.05) is 22.2 Å². The standard InChI is InChI=1S/C19H18ClN3O2S/c1-10(2)17(24)23-19(26)21-13-6-7-16-15(9-13)22-18(25-16)12-5-4-11(3)14(20)8-12/h4-10H,1-3H3,(H2,21,23,24,26). The van der Waals surface area contributed by atoms with Gasteiger partial charge < -0.3 is 15.1 Å². The topological polar surface area (TPSA) is 67.2 Å². The van der Waals surface area contributed by atoms with Crippen LogP contribution in [0.1, 0.15) is 19.4 Å². The molecule has 26 heavy (non-hydrogen) atoms. The molecule has 7 heteroatoms. The van der Waals surface area contributed by atoms with Crippen molar-refractivity contribution in [2.45, 2.75) is 20.8 Å². The van der Waals surface area contributed by atoms with Gasteiger partial charge in [-0.25, -0.2) is 4.98 Å². The van der Waals surface area contributed by atoms with E-state index in [2.05, 4.69) is 15.6 Å². The number of benzene rings is 2. The highest BCUT2D eigenvalue weighted by molar-refractivity contribution is 7.80. The highest BCUT2D eigenvalue weighted by Gasteiger charge is 2.12. The average molecular weight is 388 g/mol. The van der Waals surface area contributed by atoms with Crippen LogP contribution in [0.2, 0.25) is 5.02 Å². The van der Waals surface area contributed by atoms with Gasteiger partial charge in [0.25, 0.3) is 0 Å². The Morgan fingerprint density at radius 1 is 1.23 bits per heavy atom. The molecule has 1 aromatic heterocycles. The quantitative estimate of drug-likeness (QED) is 0.624. The molecule has 0 fully saturated rings. The van der Waals surface area contributed by atoms with E-state index in [-0.39, 0.29) is 16.9 Å². The smallest absolute Gasteiger partial charge is 0.228 e. The number of anilines is 1. The Balaban J connectivity index is 1.82. The fourth-order valence-electron chi connectivity index (χ4n) is 2.27. The molecule has 0 bridgehead atoms. The molecule has 134 valence electrons. The summed E-state index contributed by atoms with van der Waals surface area (Å²) in [5.41, 5.74) is 3.86. The first kappa shape index (κ1) is 18.4. The van der Waals surface area contributed by atoms with Crippen LogP contribution in [-0.2, 0) is 4.79 Å². The van der Waals surface area contributed by atoms with E-state index < -0.39 is 0 Å². The van der Waals surface area contributed by atoms with Gasteiger partial charge in [-0.3, -0.25) is 4.79 Å². The summed E-state index contributed by atoms with van der Waals surface area (Å²) in [6.07, 6.45) is 0. The van der Waals surface area contributed by atoms with Crippen molar-refractivity contribution in [3.63, 3.8) is 0 Å². The summed E-state index contributed by atoms with van der Waals surface area (Å²) < 4.78 is 5.80. The second-order valence-corrected chi connectivity index (χ2v) is 7.08. The molecule has 0 radical (unpaired) electrons. The molecule has 5 nitrogen and oxygen atoms in total. The lowest BCUT2D eigenvalue weighted by Gasteiger charge is -2.10. The van der Waals surface area contributed by atoms with Gasteiger partial charge in [0.1, 0.15) is 5.52 Å². The fourth-order valence-corrected chi connectivity index (χ4v) is 2.67. The predicted molar refractivity (Wildman–Crippen MR) is 108 cm³/mol. The summed E-state index contributed by atoms with van der Waals surface area (Å²) in [6, 6.07) is 11.1. The number of amides is 1. The van der Waals surface area contributed by atoms with Crippen molar-refractivity contribution in [3.8, 4) is 11.5 Å². The number of fused-ring (bicyclic) bond motifs is 1. The minimum absolute atomic E-state index is 0.136. The minimum Gasteiger partial charge on any atom is -0.436 e. The third-order valence-electron chi connectivity index (χ3n) is 3.83. The molecule has 0 saturated carbocycles. The van der Waals surface area contributed by atoms with Crippen LogP contribution in [0, 0.1) is 12.8 Å². The van der Waals surface area contributed by atoms with Crippen LogP contribution in [0.15, 0.2) is 40.8 Å². The molecular formula is C19H18ClN3O2S. The number of carbonyl (C=O) groups is 1. The van der Waals surface area contributed by atoms with Gasteiger partial charge in [0.15, 0.2) is 10.7 Å². The van der Waals surface area contributed by atoms with Gasteiger partial charge in [-0.15, -0.1) is 0 Å². The van der Waals surface area contributed by atoms with Crippen molar-refractivity contribution in [3.05, 3.63) is 47.0 Å². The first-order valence-corrected chi connectivity index (χ1v) is 8.91. The van der Waals surface area contributed by atoms with Gasteiger partial charge in [0.2, 0.25) is 11.8 Å². The summed E-state index contributed by atoms with van der Waals surface area (Å²) in [5.74, 6) is 0.218. The predicted octanol–water partition coefficient (Wildman–Crippen LogP) is 4.93. The molecule has 2 aromatic carbocycles. The van der Waals surface area contributed by atoms with Crippen molar-refractivity contribution in [2.24, 2.45) is 5.92 Å². The van der Waals surface area contributed by atoms with E-state index in [1.807, 2.05) is 37.3 Å². The van der Waals surface area contributed by atoms with Crippen molar-refractivity contribution in [1.82, 2.24) is 10.3 Å². The number of halogens is 1. The lowest BCUT2D eigenvalue weighted by atomic mass is 10.1. The molecule has 2 N–H and O–H groups in total. The first-order valence-electron chi connectivity index (χ1n) is 8.12. The molecule has 0 aliphatic carbocycles. The van der Waals surface area contributed by atoms with Gasteiger partial charge in [-0.1, -0.05) is 31.5 Å². The third-order valence-corrected chi connectivity index (χ3v) is 4.44. The summed E-state index contributed by atoms with van der Waals surface area (Å²) in [5, 5.41) is 6.54. The molecular weight excluding hydrogens is 370 g/mol. The number of oxazole rings is 1. The Bertz CT molecular complexity index is 998. The number of aryl methyl sites for hydroxylation is 1. The van der Waals surface area contributed by atoms with E-state index in [9.17, 15) is 4.79 Å². The monoisotopic (exact) mass is 387 g/mol. The number of thiocarbonyl (C=S) groups is 1. The fraction of sp³-hybridized carbons (Fsp3) is 0.211. The van der Waals surface area contributed by atoms with E-state index >= 15 is 0 Å². The second-order valence-electron chi connectivity index (χ2n) is 6.26. The Kier molecular flexibility index (Phi) is 5.25. The van der Waals surface area contributed by atoms with Crippen LogP contribution in [0.3, 0.4) is 0 Å². The third kappa shape index (κ3) is 4.03. The zero-order chi connectivity index (χ0) is 18.8. The van der Waals surface area contributed by atoms with E-state index in [1.54, 1.807) is 19.9 Å². The zero-order valence-corrected chi connectivity index (χ0v) is 16.2. The minimum atomic E-state index is -0.142. The number of hydrogen-bond donors (Lipinski definition) is 2. The van der Waals surface area contributed by atoms with Crippen LogP contribution in [0.25, 0.3) is 22.6 Å². The zero-order valence-electron chi connectivity index (χ0n) is 14.6. The number of nitrogens with zero attached hydrogens (tertiary/aromatic N) is 1. The highest BCUT2D eigenvalue weighted by Crippen LogP contribution is 2.29. The SMILES string of the molecule is Cc1ccc(-c2nc3cc(NC(=S)NC(=O)C(C)C)ccc3o2)cc1Cl. The van der Waals surface area contributed by atoms with Gasteiger partial charge in [0.05, 0.1) is 0 Å². The maximum absolute atomic E-state index is 11.7. The van der Waals surface area contributed by atoms with Gasteiger partial charge in [-0.05, 0) is 55.0 Å². The Labute approximate surface area is 161 Å². The van der Waals surface area contributed by atoms with E-state index in [4.69, 9.17) is 28.2 Å². The summed E-state index contributed by atoms with van der Waals surface area (Å²) >= 11 is 11.3. The molecule has 0 spiro atoms. The number of hydrogen-bond acceptors (Lipinski definition) is 4. The van der Waals surface area contributed by atoms with Crippen molar-refractivity contribution >= 4 is 51.6 Å². The van der Waals surface area contributed by atoms with E-state index in [1.165, 1.54) is 0 Å². The largest absolute Gasteiger partial charge is 0.436 e. The maximum atomic E-state index is 11.7. The van der Waals surface area contributed by atoms with Crippen LogP contribution in [0.4, 0.5) is 5.69 Å². The number of carbonyl (C=O) groups excluding carboxylic acids is 1. The highest BCUT2D eigenvalue weighted by atomic mass is 35.5. The van der Waals surface area contributed by atoms with Crippen molar-refractivity contribution in [2.75, 3.05) is 5.32 Å². The van der Waals surface area contributed by atoms with E-state index in [0.717, 1.165) is 11.1 Å². The molecule has 0 aliphatic heterocycles. The van der Waals surface area contributed by atoms with E-state index in [0.29, 0.717) is 27.7 Å². The average Bonchev–Trinajstić information content (AvgIpc) is 3.00. The van der Waals surface area contributed by atoms with Crippen LogP contribution in [0.5, 0.6) is 0 Å². The number of rotatable bonds is 3. The van der Waals surface area contributed by atoms with Crippen molar-refractivity contribution < 1.29 is 9.21 Å². The first-order chi connectivity index (χ1) is 12.3. The maximum Gasteiger partial charge on any atom is 0.228 e. The van der Waals surface area contributed by atoms with Crippen molar-refractivity contribution in [1.29, 1.82) is 0 Å². The second kappa shape index (κ2) is 7.43. The Morgan fingerprint density at radius 3 is 2.69 bits per heavy atom. The summed E-state index contributed by atoms with van der Waals surface area (Å²) in [4.78, 5) is 16.2. The molecule has 3 aromatic rings. The molecule has 1 heterocycles. The van der Waals surface area contributed by atoms with Gasteiger partial charge >= 0.3 is 0 Å². The summed E-state index contributed by atoms with van der Waals surface area (Å²) in [6.45, 7) is 5.55. The molecule has 0 unspecified atom stereocenters. The number of aromatic nitrogens is 1. The van der Waals surface area contributed by atoms with Crippen LogP contribution < -0.4 is 10.6 Å². The molecule has 0 saturated heterocycles. The molecule has 1 amide bonds. The number of nitrogens with one attached hydrogen (secondary N) is 2.